The molecule has 5 heteroatoms. The van der Waals surface area contributed by atoms with E-state index >= 15 is 0 Å². The molecule has 1 N–H and O–H groups in total. The number of ether oxygens (including phenoxy) is 2. The highest BCUT2D eigenvalue weighted by molar-refractivity contribution is 5.60. The van der Waals surface area contributed by atoms with Gasteiger partial charge in [-0.15, -0.1) is 0 Å². The minimum absolute atomic E-state index is 0.273. The summed E-state index contributed by atoms with van der Waals surface area (Å²) in [6.45, 7) is 0.962. The lowest BCUT2D eigenvalue weighted by Gasteiger charge is -1.98. The highest BCUT2D eigenvalue weighted by Crippen LogP contribution is 2.35. The maximum absolute atomic E-state index is 5.42. The van der Waals surface area contributed by atoms with Crippen molar-refractivity contribution in [1.29, 1.82) is 0 Å². The molecule has 1 aliphatic rings. The molecule has 1 aliphatic heterocycles. The number of benzene rings is 1. The molecule has 1 aromatic heterocycles. The second kappa shape index (κ2) is 4.10. The maximum atomic E-state index is 5.42. The lowest BCUT2D eigenvalue weighted by molar-refractivity contribution is 0.174. The molecule has 17 heavy (non-hydrogen) atoms. The van der Waals surface area contributed by atoms with Gasteiger partial charge in [0.15, 0.2) is 11.5 Å². The molecule has 88 valence electrons. The molecular formula is C12H12N2O3. The number of fused-ring (bicyclic) bond motifs is 1. The Kier molecular flexibility index (Phi) is 2.45. The minimum atomic E-state index is 0.273. The molecular weight excluding hydrogens is 220 g/mol. The Morgan fingerprint density at radius 1 is 1.29 bits per heavy atom. The van der Waals surface area contributed by atoms with Crippen molar-refractivity contribution < 1.29 is 13.9 Å². The first kappa shape index (κ1) is 10.2. The van der Waals surface area contributed by atoms with Gasteiger partial charge >= 0.3 is 0 Å². The van der Waals surface area contributed by atoms with Crippen LogP contribution in [0.25, 0.3) is 11.5 Å². The first-order valence-electron chi connectivity index (χ1n) is 5.36. The van der Waals surface area contributed by atoms with Crippen LogP contribution in [0.3, 0.4) is 0 Å². The topological polar surface area (TPSA) is 56.5 Å². The number of rotatable bonds is 3. The van der Waals surface area contributed by atoms with E-state index in [-0.39, 0.29) is 6.79 Å². The Morgan fingerprint density at radius 2 is 2.18 bits per heavy atom. The summed E-state index contributed by atoms with van der Waals surface area (Å²) in [5.74, 6) is 2.08. The third kappa shape index (κ3) is 1.85. The SMILES string of the molecule is CNCc1coc(-c2ccc3c(c2)OCO3)n1. The van der Waals surface area contributed by atoms with Crippen molar-refractivity contribution in [3.8, 4) is 23.0 Å². The average Bonchev–Trinajstić information content (AvgIpc) is 2.96. The van der Waals surface area contributed by atoms with Crippen LogP contribution in [0.2, 0.25) is 0 Å². The molecule has 0 amide bonds. The van der Waals surface area contributed by atoms with E-state index in [1.807, 2.05) is 25.2 Å². The minimum Gasteiger partial charge on any atom is -0.454 e. The van der Waals surface area contributed by atoms with Crippen molar-refractivity contribution in [3.05, 3.63) is 30.2 Å². The van der Waals surface area contributed by atoms with E-state index in [4.69, 9.17) is 13.9 Å². The van der Waals surface area contributed by atoms with E-state index in [0.717, 1.165) is 22.8 Å². The molecule has 0 aliphatic carbocycles. The average molecular weight is 232 g/mol. The van der Waals surface area contributed by atoms with Crippen molar-refractivity contribution in [2.75, 3.05) is 13.8 Å². The van der Waals surface area contributed by atoms with E-state index in [1.54, 1.807) is 6.26 Å². The van der Waals surface area contributed by atoms with Crippen LogP contribution < -0.4 is 14.8 Å². The highest BCUT2D eigenvalue weighted by Gasteiger charge is 2.15. The van der Waals surface area contributed by atoms with Gasteiger partial charge in [-0.1, -0.05) is 0 Å². The number of aromatic nitrogens is 1. The molecule has 0 fully saturated rings. The van der Waals surface area contributed by atoms with Crippen molar-refractivity contribution in [3.63, 3.8) is 0 Å². The fourth-order valence-corrected chi connectivity index (χ4v) is 1.73. The molecule has 0 saturated heterocycles. The van der Waals surface area contributed by atoms with E-state index in [9.17, 15) is 0 Å². The first-order chi connectivity index (χ1) is 8.36. The van der Waals surface area contributed by atoms with Gasteiger partial charge in [-0.2, -0.15) is 0 Å². The summed E-state index contributed by atoms with van der Waals surface area (Å²) in [7, 11) is 1.87. The second-order valence-electron chi connectivity index (χ2n) is 3.74. The van der Waals surface area contributed by atoms with Crippen molar-refractivity contribution in [1.82, 2.24) is 10.3 Å². The van der Waals surface area contributed by atoms with Gasteiger partial charge in [0.1, 0.15) is 6.26 Å². The van der Waals surface area contributed by atoms with Crippen LogP contribution in [-0.4, -0.2) is 18.8 Å². The highest BCUT2D eigenvalue weighted by atomic mass is 16.7. The van der Waals surface area contributed by atoms with Gasteiger partial charge in [0.05, 0.1) is 5.69 Å². The molecule has 0 radical (unpaired) electrons. The fraction of sp³-hybridized carbons (Fsp3) is 0.250. The first-order valence-corrected chi connectivity index (χ1v) is 5.36. The van der Waals surface area contributed by atoms with Crippen LogP contribution >= 0.6 is 0 Å². The predicted octanol–water partition coefficient (Wildman–Crippen LogP) is 1.79. The van der Waals surface area contributed by atoms with Crippen LogP contribution in [-0.2, 0) is 6.54 Å². The van der Waals surface area contributed by atoms with E-state index in [2.05, 4.69) is 10.3 Å². The lowest BCUT2D eigenvalue weighted by Crippen LogP contribution is -2.04. The van der Waals surface area contributed by atoms with Gasteiger partial charge in [0, 0.05) is 12.1 Å². The Hall–Kier alpha value is -2.01. The molecule has 2 aromatic rings. The second-order valence-corrected chi connectivity index (χ2v) is 3.74. The largest absolute Gasteiger partial charge is 0.454 e. The summed E-state index contributed by atoms with van der Waals surface area (Å²) in [6, 6.07) is 5.64. The molecule has 5 nitrogen and oxygen atoms in total. The van der Waals surface area contributed by atoms with Crippen molar-refractivity contribution in [2.45, 2.75) is 6.54 Å². The summed E-state index contributed by atoms with van der Waals surface area (Å²) < 4.78 is 16.0. The number of nitrogens with one attached hydrogen (secondary N) is 1. The van der Waals surface area contributed by atoms with Gasteiger partial charge < -0.3 is 19.2 Å². The molecule has 0 bridgehead atoms. The third-order valence-electron chi connectivity index (χ3n) is 2.53. The summed E-state index contributed by atoms with van der Waals surface area (Å²) in [6.07, 6.45) is 1.65. The third-order valence-corrected chi connectivity index (χ3v) is 2.53. The molecule has 3 rings (SSSR count). The van der Waals surface area contributed by atoms with E-state index < -0.39 is 0 Å². The molecule has 0 atom stereocenters. The standard InChI is InChI=1S/C12H12N2O3/c1-13-5-9-6-15-12(14-9)8-2-3-10-11(4-8)17-7-16-10/h2-4,6,13H,5,7H2,1H3. The van der Waals surface area contributed by atoms with Gasteiger partial charge in [-0.05, 0) is 25.2 Å². The monoisotopic (exact) mass is 232 g/mol. The van der Waals surface area contributed by atoms with E-state index in [1.165, 1.54) is 0 Å². The van der Waals surface area contributed by atoms with Gasteiger partial charge in [0.2, 0.25) is 12.7 Å². The van der Waals surface area contributed by atoms with Gasteiger partial charge in [-0.25, -0.2) is 4.98 Å². The zero-order chi connectivity index (χ0) is 11.7. The zero-order valence-corrected chi connectivity index (χ0v) is 9.40. The Bertz CT molecular complexity index is 536. The Labute approximate surface area is 98.4 Å². The van der Waals surface area contributed by atoms with Gasteiger partial charge in [-0.3, -0.25) is 0 Å². The normalized spacial score (nSPS) is 13.0. The number of oxazole rings is 1. The Balaban J connectivity index is 1.92. The van der Waals surface area contributed by atoms with Crippen LogP contribution in [0.4, 0.5) is 0 Å². The van der Waals surface area contributed by atoms with Crippen LogP contribution in [0.15, 0.2) is 28.9 Å². The summed E-state index contributed by atoms with van der Waals surface area (Å²) >= 11 is 0. The summed E-state index contributed by atoms with van der Waals surface area (Å²) in [5, 5.41) is 3.02. The van der Waals surface area contributed by atoms with Crippen LogP contribution in [0.5, 0.6) is 11.5 Å². The van der Waals surface area contributed by atoms with Crippen LogP contribution in [0.1, 0.15) is 5.69 Å². The lowest BCUT2D eigenvalue weighted by atomic mass is 10.2. The quantitative estimate of drug-likeness (QED) is 0.874. The fourth-order valence-electron chi connectivity index (χ4n) is 1.73. The number of nitrogens with zero attached hydrogens (tertiary/aromatic N) is 1. The maximum Gasteiger partial charge on any atom is 0.231 e. The molecule has 1 aromatic carbocycles. The van der Waals surface area contributed by atoms with Crippen molar-refractivity contribution >= 4 is 0 Å². The summed E-state index contributed by atoms with van der Waals surface area (Å²) in [5.41, 5.74) is 1.76. The Morgan fingerprint density at radius 3 is 3.06 bits per heavy atom. The van der Waals surface area contributed by atoms with Crippen molar-refractivity contribution in [2.24, 2.45) is 0 Å². The molecule has 2 heterocycles. The van der Waals surface area contributed by atoms with Crippen LogP contribution in [0, 0.1) is 0 Å². The smallest absolute Gasteiger partial charge is 0.231 e. The van der Waals surface area contributed by atoms with Gasteiger partial charge in [0.25, 0.3) is 0 Å². The number of hydrogen-bond donors (Lipinski definition) is 1. The molecule has 0 unspecified atom stereocenters. The molecule has 0 spiro atoms. The molecule has 0 saturated carbocycles. The van der Waals surface area contributed by atoms with E-state index in [0.29, 0.717) is 12.4 Å². The predicted molar refractivity (Wildman–Crippen MR) is 60.8 cm³/mol. The summed E-state index contributed by atoms with van der Waals surface area (Å²) in [4.78, 5) is 4.37. The number of hydrogen-bond acceptors (Lipinski definition) is 5. The zero-order valence-electron chi connectivity index (χ0n) is 9.40.